The first-order valence-corrected chi connectivity index (χ1v) is 6.57. The Balaban J connectivity index is 2.54. The number of nitrogens with zero attached hydrogens (tertiary/aromatic N) is 1. The number of hydrogen-bond acceptors (Lipinski definition) is 4. The normalized spacial score (nSPS) is 25.3. The minimum absolute atomic E-state index is 0.0975. The molecule has 1 fully saturated rings. The molecule has 0 saturated carbocycles. The van der Waals surface area contributed by atoms with E-state index in [1.54, 1.807) is 0 Å². The molecular weight excluding hydrogens is 216 g/mol. The molecule has 1 aliphatic rings. The van der Waals surface area contributed by atoms with Gasteiger partial charge >= 0.3 is 0 Å². The molecule has 17 heavy (non-hydrogen) atoms. The van der Waals surface area contributed by atoms with E-state index in [0.29, 0.717) is 6.54 Å². The SMILES string of the molecule is CCC(C)NC(=O)C(C)N1CCNCC1CN. The molecule has 1 amide bonds. The highest BCUT2D eigenvalue weighted by atomic mass is 16.2. The van der Waals surface area contributed by atoms with Crippen LogP contribution < -0.4 is 16.4 Å². The molecule has 0 aromatic carbocycles. The Bertz CT molecular complexity index is 247. The molecule has 1 heterocycles. The molecular formula is C12H26N4O. The molecule has 3 atom stereocenters. The summed E-state index contributed by atoms with van der Waals surface area (Å²) in [4.78, 5) is 14.3. The summed E-state index contributed by atoms with van der Waals surface area (Å²) in [5.41, 5.74) is 5.75. The van der Waals surface area contributed by atoms with Crippen LogP contribution >= 0.6 is 0 Å². The highest BCUT2D eigenvalue weighted by molar-refractivity contribution is 5.81. The Kier molecular flexibility index (Phi) is 5.88. The molecule has 0 aromatic heterocycles. The summed E-state index contributed by atoms with van der Waals surface area (Å²) >= 11 is 0. The van der Waals surface area contributed by atoms with Gasteiger partial charge in [0, 0.05) is 38.3 Å². The first-order chi connectivity index (χ1) is 8.10. The van der Waals surface area contributed by atoms with Crippen molar-refractivity contribution in [3.63, 3.8) is 0 Å². The number of nitrogens with two attached hydrogens (primary N) is 1. The fourth-order valence-corrected chi connectivity index (χ4v) is 2.12. The summed E-state index contributed by atoms with van der Waals surface area (Å²) in [6, 6.07) is 0.408. The molecule has 1 rings (SSSR count). The lowest BCUT2D eigenvalue weighted by atomic mass is 10.1. The third kappa shape index (κ3) is 3.94. The van der Waals surface area contributed by atoms with Gasteiger partial charge < -0.3 is 16.4 Å². The van der Waals surface area contributed by atoms with E-state index in [9.17, 15) is 4.79 Å². The van der Waals surface area contributed by atoms with E-state index < -0.39 is 0 Å². The van der Waals surface area contributed by atoms with Gasteiger partial charge in [-0.1, -0.05) is 6.92 Å². The fraction of sp³-hybridized carbons (Fsp3) is 0.917. The van der Waals surface area contributed by atoms with Crippen LogP contribution in [0.4, 0.5) is 0 Å². The zero-order chi connectivity index (χ0) is 12.8. The molecule has 4 N–H and O–H groups in total. The second-order valence-corrected chi connectivity index (χ2v) is 4.83. The van der Waals surface area contributed by atoms with Crippen LogP contribution in [0.3, 0.4) is 0 Å². The van der Waals surface area contributed by atoms with Crippen LogP contribution in [0.5, 0.6) is 0 Å². The van der Waals surface area contributed by atoms with Crippen LogP contribution in [-0.2, 0) is 4.79 Å². The van der Waals surface area contributed by atoms with Crippen LogP contribution in [-0.4, -0.2) is 55.1 Å². The molecule has 3 unspecified atom stereocenters. The predicted molar refractivity (Wildman–Crippen MR) is 69.8 cm³/mol. The zero-order valence-corrected chi connectivity index (χ0v) is 11.2. The summed E-state index contributed by atoms with van der Waals surface area (Å²) in [6.07, 6.45) is 0.959. The molecule has 5 heteroatoms. The largest absolute Gasteiger partial charge is 0.352 e. The quantitative estimate of drug-likeness (QED) is 0.609. The van der Waals surface area contributed by atoms with Gasteiger partial charge in [-0.05, 0) is 20.3 Å². The van der Waals surface area contributed by atoms with Crippen LogP contribution in [0.15, 0.2) is 0 Å². The molecule has 1 saturated heterocycles. The lowest BCUT2D eigenvalue weighted by Crippen LogP contribution is -2.60. The Morgan fingerprint density at radius 2 is 2.29 bits per heavy atom. The minimum Gasteiger partial charge on any atom is -0.352 e. The summed E-state index contributed by atoms with van der Waals surface area (Å²) < 4.78 is 0. The average Bonchev–Trinajstić information content (AvgIpc) is 2.37. The standard InChI is InChI=1S/C12H26N4O/c1-4-9(2)15-12(17)10(3)16-6-5-14-8-11(16)7-13/h9-11,14H,4-8,13H2,1-3H3,(H,15,17). The second kappa shape index (κ2) is 6.93. The highest BCUT2D eigenvalue weighted by Crippen LogP contribution is 2.08. The summed E-state index contributed by atoms with van der Waals surface area (Å²) in [7, 11) is 0. The van der Waals surface area contributed by atoms with E-state index in [4.69, 9.17) is 5.73 Å². The second-order valence-electron chi connectivity index (χ2n) is 4.83. The number of hydrogen-bond donors (Lipinski definition) is 3. The Hall–Kier alpha value is -0.650. The maximum absolute atomic E-state index is 12.1. The van der Waals surface area contributed by atoms with Gasteiger partial charge in [0.25, 0.3) is 0 Å². The topological polar surface area (TPSA) is 70.4 Å². The highest BCUT2D eigenvalue weighted by Gasteiger charge is 2.29. The Labute approximate surface area is 104 Å². The van der Waals surface area contributed by atoms with Gasteiger partial charge in [0.05, 0.1) is 6.04 Å². The van der Waals surface area contributed by atoms with Crippen molar-refractivity contribution in [2.75, 3.05) is 26.2 Å². The first-order valence-electron chi connectivity index (χ1n) is 6.57. The average molecular weight is 242 g/mol. The van der Waals surface area contributed by atoms with E-state index in [2.05, 4.69) is 22.5 Å². The molecule has 5 nitrogen and oxygen atoms in total. The predicted octanol–water partition coefficient (Wildman–Crippen LogP) is -0.478. The smallest absolute Gasteiger partial charge is 0.237 e. The molecule has 0 radical (unpaired) electrons. The molecule has 0 aliphatic carbocycles. The number of nitrogens with one attached hydrogen (secondary N) is 2. The van der Waals surface area contributed by atoms with Crippen molar-refractivity contribution in [3.05, 3.63) is 0 Å². The van der Waals surface area contributed by atoms with Crippen molar-refractivity contribution < 1.29 is 4.79 Å². The zero-order valence-electron chi connectivity index (χ0n) is 11.2. The fourth-order valence-electron chi connectivity index (χ4n) is 2.12. The number of carbonyl (C=O) groups excluding carboxylic acids is 1. The van der Waals surface area contributed by atoms with Gasteiger partial charge in [0.15, 0.2) is 0 Å². The summed E-state index contributed by atoms with van der Waals surface area (Å²) in [5.74, 6) is 0.111. The van der Waals surface area contributed by atoms with Crippen molar-refractivity contribution in [3.8, 4) is 0 Å². The Morgan fingerprint density at radius 1 is 1.59 bits per heavy atom. The van der Waals surface area contributed by atoms with E-state index in [1.807, 2.05) is 13.8 Å². The lowest BCUT2D eigenvalue weighted by Gasteiger charge is -2.39. The maximum atomic E-state index is 12.1. The molecule has 100 valence electrons. The van der Waals surface area contributed by atoms with E-state index in [0.717, 1.165) is 26.1 Å². The molecule has 0 bridgehead atoms. The number of carbonyl (C=O) groups is 1. The summed E-state index contributed by atoms with van der Waals surface area (Å²) in [5, 5.41) is 6.34. The van der Waals surface area contributed by atoms with Crippen molar-refractivity contribution in [2.45, 2.75) is 45.3 Å². The van der Waals surface area contributed by atoms with Crippen LogP contribution in [0.1, 0.15) is 27.2 Å². The number of amides is 1. The van der Waals surface area contributed by atoms with Crippen molar-refractivity contribution in [1.82, 2.24) is 15.5 Å². The lowest BCUT2D eigenvalue weighted by molar-refractivity contribution is -0.127. The van der Waals surface area contributed by atoms with Crippen LogP contribution in [0, 0.1) is 0 Å². The van der Waals surface area contributed by atoms with Crippen molar-refractivity contribution in [1.29, 1.82) is 0 Å². The minimum atomic E-state index is -0.0975. The van der Waals surface area contributed by atoms with Crippen molar-refractivity contribution in [2.24, 2.45) is 5.73 Å². The molecule has 0 spiro atoms. The van der Waals surface area contributed by atoms with Gasteiger partial charge in [-0.2, -0.15) is 0 Å². The summed E-state index contributed by atoms with van der Waals surface area (Å²) in [6.45, 7) is 9.34. The third-order valence-corrected chi connectivity index (χ3v) is 3.55. The first kappa shape index (κ1) is 14.4. The van der Waals surface area contributed by atoms with E-state index in [-0.39, 0.29) is 24.0 Å². The van der Waals surface area contributed by atoms with Gasteiger partial charge in [0.2, 0.25) is 5.91 Å². The van der Waals surface area contributed by atoms with Gasteiger partial charge in [0.1, 0.15) is 0 Å². The Morgan fingerprint density at radius 3 is 2.88 bits per heavy atom. The number of rotatable bonds is 5. The van der Waals surface area contributed by atoms with Gasteiger partial charge in [-0.15, -0.1) is 0 Å². The van der Waals surface area contributed by atoms with E-state index >= 15 is 0 Å². The van der Waals surface area contributed by atoms with Crippen LogP contribution in [0.2, 0.25) is 0 Å². The van der Waals surface area contributed by atoms with Crippen LogP contribution in [0.25, 0.3) is 0 Å². The monoisotopic (exact) mass is 242 g/mol. The molecule has 1 aliphatic heterocycles. The maximum Gasteiger partial charge on any atom is 0.237 e. The molecule has 0 aromatic rings. The van der Waals surface area contributed by atoms with Gasteiger partial charge in [-0.3, -0.25) is 9.69 Å². The number of piperazine rings is 1. The third-order valence-electron chi connectivity index (χ3n) is 3.55. The van der Waals surface area contributed by atoms with E-state index in [1.165, 1.54) is 0 Å². The van der Waals surface area contributed by atoms with Crippen molar-refractivity contribution >= 4 is 5.91 Å². The van der Waals surface area contributed by atoms with Gasteiger partial charge in [-0.25, -0.2) is 0 Å².